The van der Waals surface area contributed by atoms with E-state index in [4.69, 9.17) is 4.42 Å². The molecule has 0 saturated carbocycles. The van der Waals surface area contributed by atoms with Gasteiger partial charge in [0, 0.05) is 6.54 Å². The summed E-state index contributed by atoms with van der Waals surface area (Å²) >= 11 is 0. The lowest BCUT2D eigenvalue weighted by atomic mass is 10.0. The molecular formula is C18H27N5O. The van der Waals surface area contributed by atoms with Crippen LogP contribution in [0.4, 0.5) is 6.01 Å². The summed E-state index contributed by atoms with van der Waals surface area (Å²) < 4.78 is 5.77. The molecule has 1 atom stereocenters. The predicted molar refractivity (Wildman–Crippen MR) is 98.6 cm³/mol. The van der Waals surface area contributed by atoms with E-state index in [1.807, 2.05) is 25.1 Å². The van der Waals surface area contributed by atoms with Crippen molar-refractivity contribution in [2.24, 2.45) is 4.99 Å². The summed E-state index contributed by atoms with van der Waals surface area (Å²) in [5, 5.41) is 6.66. The molecule has 1 unspecified atom stereocenters. The van der Waals surface area contributed by atoms with Crippen molar-refractivity contribution in [2.45, 2.75) is 39.7 Å². The normalized spacial score (nSPS) is 20.5. The fourth-order valence-corrected chi connectivity index (χ4v) is 3.12. The third-order valence-corrected chi connectivity index (χ3v) is 4.34. The van der Waals surface area contributed by atoms with Gasteiger partial charge in [-0.2, -0.15) is 4.98 Å². The number of benzene rings is 1. The van der Waals surface area contributed by atoms with Crippen LogP contribution in [0.25, 0.3) is 11.1 Å². The minimum atomic E-state index is -0.0594. The summed E-state index contributed by atoms with van der Waals surface area (Å²) in [5.41, 5.74) is 2.74. The molecule has 1 aliphatic heterocycles. The number of aryl methyl sites for hydroxylation is 1. The van der Waals surface area contributed by atoms with E-state index in [0.29, 0.717) is 6.01 Å². The van der Waals surface area contributed by atoms with Crippen LogP contribution in [0.15, 0.2) is 27.6 Å². The summed E-state index contributed by atoms with van der Waals surface area (Å²) in [6.07, 6.45) is 1.16. The summed E-state index contributed by atoms with van der Waals surface area (Å²) in [6.45, 7) is 12.5. The number of nitrogens with zero attached hydrogens (tertiary/aromatic N) is 3. The van der Waals surface area contributed by atoms with Crippen molar-refractivity contribution >= 4 is 23.1 Å². The molecule has 0 aliphatic carbocycles. The summed E-state index contributed by atoms with van der Waals surface area (Å²) in [6, 6.07) is 6.47. The Morgan fingerprint density at radius 2 is 2.21 bits per heavy atom. The Balaban J connectivity index is 1.64. The number of hydrogen-bond donors (Lipinski definition) is 2. The van der Waals surface area contributed by atoms with Crippen molar-refractivity contribution in [3.63, 3.8) is 0 Å². The quantitative estimate of drug-likeness (QED) is 0.853. The first-order chi connectivity index (χ1) is 11.5. The van der Waals surface area contributed by atoms with Crippen LogP contribution >= 0.6 is 0 Å². The second kappa shape index (κ2) is 6.81. The molecular weight excluding hydrogens is 302 g/mol. The number of rotatable bonds is 6. The van der Waals surface area contributed by atoms with E-state index in [9.17, 15) is 0 Å². The Hall–Kier alpha value is -2.08. The first-order valence-corrected chi connectivity index (χ1v) is 8.70. The van der Waals surface area contributed by atoms with E-state index in [1.165, 1.54) is 0 Å². The SMILES string of the molecule is CCCN(CC)CC1(C)CN=C(Nc2nc3ccc(C)cc3o2)N1. The Morgan fingerprint density at radius 1 is 1.38 bits per heavy atom. The van der Waals surface area contributed by atoms with Gasteiger partial charge in [0.25, 0.3) is 0 Å². The number of guanidine groups is 1. The Kier molecular flexibility index (Phi) is 4.76. The van der Waals surface area contributed by atoms with E-state index in [1.54, 1.807) is 0 Å². The molecule has 6 heteroatoms. The topological polar surface area (TPSA) is 65.7 Å². The highest BCUT2D eigenvalue weighted by Crippen LogP contribution is 2.21. The second-order valence-corrected chi connectivity index (χ2v) is 6.83. The van der Waals surface area contributed by atoms with Gasteiger partial charge in [-0.05, 0) is 51.1 Å². The molecule has 2 N–H and O–H groups in total. The van der Waals surface area contributed by atoms with Gasteiger partial charge < -0.3 is 14.6 Å². The Bertz CT molecular complexity index is 738. The fourth-order valence-electron chi connectivity index (χ4n) is 3.12. The zero-order valence-electron chi connectivity index (χ0n) is 15.0. The summed E-state index contributed by atoms with van der Waals surface area (Å²) in [7, 11) is 0. The molecule has 0 bridgehead atoms. The molecule has 1 aromatic carbocycles. The molecule has 6 nitrogen and oxygen atoms in total. The minimum Gasteiger partial charge on any atom is -0.423 e. The van der Waals surface area contributed by atoms with Crippen molar-refractivity contribution in [2.75, 3.05) is 31.5 Å². The third kappa shape index (κ3) is 3.70. The predicted octanol–water partition coefficient (Wildman–Crippen LogP) is 3.00. The lowest BCUT2D eigenvalue weighted by Gasteiger charge is -2.31. The maximum atomic E-state index is 5.77. The molecule has 0 saturated heterocycles. The summed E-state index contributed by atoms with van der Waals surface area (Å²) in [4.78, 5) is 11.5. The maximum absolute atomic E-state index is 5.77. The first kappa shape index (κ1) is 16.8. The van der Waals surface area contributed by atoms with E-state index in [0.717, 1.165) is 55.2 Å². The second-order valence-electron chi connectivity index (χ2n) is 6.83. The highest BCUT2D eigenvalue weighted by atomic mass is 16.4. The van der Waals surface area contributed by atoms with Gasteiger partial charge >= 0.3 is 6.01 Å². The smallest absolute Gasteiger partial charge is 0.302 e. The number of aromatic nitrogens is 1. The van der Waals surface area contributed by atoms with Gasteiger partial charge in [0.15, 0.2) is 11.5 Å². The number of likely N-dealkylation sites (N-methyl/N-ethyl adjacent to an activating group) is 1. The van der Waals surface area contributed by atoms with E-state index < -0.39 is 0 Å². The molecule has 2 heterocycles. The van der Waals surface area contributed by atoms with Crippen molar-refractivity contribution in [1.29, 1.82) is 0 Å². The van der Waals surface area contributed by atoms with Gasteiger partial charge in [-0.15, -0.1) is 0 Å². The lowest BCUT2D eigenvalue weighted by molar-refractivity contribution is 0.223. The maximum Gasteiger partial charge on any atom is 0.302 e. The average molecular weight is 329 g/mol. The molecule has 0 radical (unpaired) electrons. The molecule has 0 amide bonds. The number of hydrogen-bond acceptors (Lipinski definition) is 6. The number of anilines is 1. The molecule has 0 spiro atoms. The largest absolute Gasteiger partial charge is 0.423 e. The van der Waals surface area contributed by atoms with E-state index in [2.05, 4.69) is 46.3 Å². The third-order valence-electron chi connectivity index (χ3n) is 4.34. The molecule has 1 aromatic heterocycles. The first-order valence-electron chi connectivity index (χ1n) is 8.70. The van der Waals surface area contributed by atoms with E-state index in [-0.39, 0.29) is 5.54 Å². The van der Waals surface area contributed by atoms with Crippen molar-refractivity contribution < 1.29 is 4.42 Å². The number of oxazole rings is 1. The monoisotopic (exact) mass is 329 g/mol. The molecule has 1 aliphatic rings. The van der Waals surface area contributed by atoms with Gasteiger partial charge in [-0.3, -0.25) is 10.3 Å². The van der Waals surface area contributed by atoms with Crippen LogP contribution in [0.5, 0.6) is 0 Å². The van der Waals surface area contributed by atoms with Gasteiger partial charge in [0.1, 0.15) is 5.52 Å². The summed E-state index contributed by atoms with van der Waals surface area (Å²) in [5.74, 6) is 0.730. The van der Waals surface area contributed by atoms with Crippen molar-refractivity contribution in [3.8, 4) is 0 Å². The van der Waals surface area contributed by atoms with Crippen LogP contribution in [-0.2, 0) is 0 Å². The highest BCUT2D eigenvalue weighted by Gasteiger charge is 2.32. The minimum absolute atomic E-state index is 0.0594. The molecule has 3 rings (SSSR count). The molecule has 24 heavy (non-hydrogen) atoms. The average Bonchev–Trinajstić information content (AvgIpc) is 3.10. The van der Waals surface area contributed by atoms with Crippen LogP contribution in [-0.4, -0.2) is 47.6 Å². The van der Waals surface area contributed by atoms with Crippen LogP contribution in [0.3, 0.4) is 0 Å². The Morgan fingerprint density at radius 3 is 2.96 bits per heavy atom. The van der Waals surface area contributed by atoms with Gasteiger partial charge in [0.2, 0.25) is 0 Å². The highest BCUT2D eigenvalue weighted by molar-refractivity contribution is 5.94. The number of fused-ring (bicyclic) bond motifs is 1. The van der Waals surface area contributed by atoms with Crippen LogP contribution in [0, 0.1) is 6.92 Å². The fraction of sp³-hybridized carbons (Fsp3) is 0.556. The van der Waals surface area contributed by atoms with Crippen molar-refractivity contribution in [1.82, 2.24) is 15.2 Å². The van der Waals surface area contributed by atoms with Crippen LogP contribution in [0.1, 0.15) is 32.8 Å². The number of aliphatic imine (C=N–C) groups is 1. The van der Waals surface area contributed by atoms with E-state index >= 15 is 0 Å². The Labute approximate surface area is 143 Å². The molecule has 0 fully saturated rings. The van der Waals surface area contributed by atoms with Gasteiger partial charge in [0.05, 0.1) is 12.1 Å². The lowest BCUT2D eigenvalue weighted by Crippen LogP contribution is -2.53. The van der Waals surface area contributed by atoms with Crippen LogP contribution < -0.4 is 10.6 Å². The van der Waals surface area contributed by atoms with Crippen molar-refractivity contribution in [3.05, 3.63) is 23.8 Å². The van der Waals surface area contributed by atoms with Crippen LogP contribution in [0.2, 0.25) is 0 Å². The molecule has 130 valence electrons. The zero-order valence-corrected chi connectivity index (χ0v) is 15.0. The number of nitrogens with one attached hydrogen (secondary N) is 2. The zero-order chi connectivity index (χ0) is 17.2. The van der Waals surface area contributed by atoms with Gasteiger partial charge in [-0.25, -0.2) is 0 Å². The standard InChI is InChI=1S/C18H27N5O/c1-5-9-23(6-2)12-18(4)11-19-16(22-18)21-17-20-14-8-7-13(3)10-15(14)24-17/h7-8,10H,5-6,9,11-12H2,1-4H3,(H2,19,20,21,22). The van der Waals surface area contributed by atoms with Gasteiger partial charge in [-0.1, -0.05) is 19.9 Å². The molecule has 2 aromatic rings.